The molecule has 0 bridgehead atoms. The van der Waals surface area contributed by atoms with Gasteiger partial charge in [-0.25, -0.2) is 40.3 Å². The van der Waals surface area contributed by atoms with Crippen molar-refractivity contribution in [1.29, 1.82) is 0 Å². The zero-order valence-electron chi connectivity index (χ0n) is 32.9. The third-order valence-corrected chi connectivity index (χ3v) is 11.4. The average Bonchev–Trinajstić information content (AvgIpc) is 3.92. The maximum atomic E-state index is 15.1. The summed E-state index contributed by atoms with van der Waals surface area (Å²) < 4.78 is 104. The second kappa shape index (κ2) is 16.2. The fraction of sp³-hybridized carbons (Fsp3) is 0.209. The second-order valence-electron chi connectivity index (χ2n) is 15.2. The minimum atomic E-state index is -4.07. The Kier molecular flexibility index (Phi) is 10.7. The molecule has 0 spiro atoms. The van der Waals surface area contributed by atoms with Crippen LogP contribution >= 0.6 is 11.6 Å². The highest BCUT2D eigenvalue weighted by atomic mass is 35.5. The number of nitrogens with one attached hydrogen (secondary N) is 2. The van der Waals surface area contributed by atoms with E-state index >= 15 is 9.18 Å². The van der Waals surface area contributed by atoms with E-state index in [0.717, 1.165) is 51.6 Å². The first-order valence-electron chi connectivity index (χ1n) is 19.5. The molecule has 20 heteroatoms. The Bertz CT molecular complexity index is 3300. The lowest BCUT2D eigenvalue weighted by atomic mass is 10.0. The summed E-state index contributed by atoms with van der Waals surface area (Å²) >= 11 is 6.62. The van der Waals surface area contributed by atoms with E-state index in [1.807, 2.05) is 18.2 Å². The Morgan fingerprint density at radius 3 is 2.33 bits per heavy atom. The minimum Gasteiger partial charge on any atom is -0.344 e. The summed E-state index contributed by atoms with van der Waals surface area (Å²) in [5.41, 5.74) is 0.185. The van der Waals surface area contributed by atoms with Gasteiger partial charge >= 0.3 is 0 Å². The molecule has 4 aromatic carbocycles. The van der Waals surface area contributed by atoms with Gasteiger partial charge in [-0.15, -0.1) is 0 Å². The summed E-state index contributed by atoms with van der Waals surface area (Å²) in [4.78, 5) is 38.7. The summed E-state index contributed by atoms with van der Waals surface area (Å²) in [7, 11) is -4.07. The first-order valence-corrected chi connectivity index (χ1v) is 21.7. The van der Waals surface area contributed by atoms with Crippen molar-refractivity contribution in [3.8, 4) is 16.9 Å². The molecule has 1 aliphatic carbocycles. The van der Waals surface area contributed by atoms with Crippen LogP contribution in [0.4, 0.5) is 27.8 Å². The Labute approximate surface area is 359 Å². The van der Waals surface area contributed by atoms with Crippen LogP contribution in [0.15, 0.2) is 95.8 Å². The van der Waals surface area contributed by atoms with Crippen molar-refractivity contribution in [2.24, 2.45) is 0 Å². The quantitative estimate of drug-likeness (QED) is 0.111. The molecule has 1 fully saturated rings. The van der Waals surface area contributed by atoms with E-state index in [0.29, 0.717) is 11.6 Å². The first-order chi connectivity index (χ1) is 30.1. The van der Waals surface area contributed by atoms with E-state index in [9.17, 15) is 30.8 Å². The lowest BCUT2D eigenvalue weighted by molar-refractivity contribution is -0.122. The third kappa shape index (κ3) is 8.32. The van der Waals surface area contributed by atoms with Gasteiger partial charge in [0.15, 0.2) is 11.5 Å². The van der Waals surface area contributed by atoms with Crippen LogP contribution in [0.25, 0.3) is 49.8 Å². The van der Waals surface area contributed by atoms with Gasteiger partial charge in [-0.1, -0.05) is 41.9 Å². The predicted molar refractivity (Wildman–Crippen MR) is 226 cm³/mol. The molecule has 1 saturated carbocycles. The lowest BCUT2D eigenvalue weighted by Gasteiger charge is -2.24. The number of aromatic nitrogens is 7. The Balaban J connectivity index is 1.29. The molecule has 63 heavy (non-hydrogen) atoms. The molecular formula is C43H33ClF5N9O4S. The number of sulfonamides is 1. The number of rotatable bonds is 13. The average molecular weight is 902 g/mol. The number of pyridine rings is 1. The topological polar surface area (TPSA) is 159 Å². The molecule has 0 saturated heterocycles. The van der Waals surface area contributed by atoms with Crippen molar-refractivity contribution in [1.82, 2.24) is 39.4 Å². The molecule has 1 atom stereocenters. The number of carbonyl (C=O) groups excluding carboxylic acids is 1. The molecule has 322 valence electrons. The molecule has 1 aliphatic rings. The van der Waals surface area contributed by atoms with Crippen LogP contribution in [0.5, 0.6) is 0 Å². The zero-order chi connectivity index (χ0) is 44.3. The van der Waals surface area contributed by atoms with Crippen molar-refractivity contribution >= 4 is 66.2 Å². The monoisotopic (exact) mass is 901 g/mol. The van der Waals surface area contributed by atoms with Crippen LogP contribution < -0.4 is 15.6 Å². The van der Waals surface area contributed by atoms with Gasteiger partial charge < -0.3 is 5.32 Å². The van der Waals surface area contributed by atoms with Crippen LogP contribution in [-0.2, 0) is 34.3 Å². The summed E-state index contributed by atoms with van der Waals surface area (Å²) in [6.07, 6.45) is -0.726. The number of anilines is 1. The molecular weight excluding hydrogens is 869 g/mol. The van der Waals surface area contributed by atoms with E-state index < -0.39 is 70.2 Å². The summed E-state index contributed by atoms with van der Waals surface area (Å²) in [6, 6.07) is 19.8. The molecule has 8 aromatic rings. The van der Waals surface area contributed by atoms with Gasteiger partial charge in [-0.2, -0.15) is 10.2 Å². The first kappa shape index (κ1) is 41.6. The van der Waals surface area contributed by atoms with Crippen LogP contribution in [0.1, 0.15) is 41.9 Å². The molecule has 9 rings (SSSR count). The van der Waals surface area contributed by atoms with Crippen LogP contribution in [-0.4, -0.2) is 61.1 Å². The van der Waals surface area contributed by atoms with E-state index in [1.165, 1.54) is 47.1 Å². The predicted octanol–water partition coefficient (Wildman–Crippen LogP) is 7.83. The number of carbonyl (C=O) groups is 1. The number of fused-ring (bicyclic) bond motifs is 3. The molecule has 2 N–H and O–H groups in total. The van der Waals surface area contributed by atoms with Crippen LogP contribution in [0.3, 0.4) is 0 Å². The Hall–Kier alpha value is -6.73. The molecule has 0 radical (unpaired) electrons. The number of hydrogen-bond acceptors (Lipinski definition) is 8. The van der Waals surface area contributed by atoms with Gasteiger partial charge in [0.2, 0.25) is 15.9 Å². The van der Waals surface area contributed by atoms with Crippen LogP contribution in [0, 0.1) is 17.5 Å². The van der Waals surface area contributed by atoms with Crippen molar-refractivity contribution in [3.63, 3.8) is 0 Å². The Morgan fingerprint density at radius 1 is 0.889 bits per heavy atom. The van der Waals surface area contributed by atoms with Crippen molar-refractivity contribution in [2.75, 3.05) is 11.0 Å². The molecule has 1 amide bonds. The van der Waals surface area contributed by atoms with Gasteiger partial charge in [0.1, 0.15) is 36.4 Å². The largest absolute Gasteiger partial charge is 0.344 e. The van der Waals surface area contributed by atoms with Gasteiger partial charge in [0.05, 0.1) is 56.2 Å². The van der Waals surface area contributed by atoms with Crippen LogP contribution in [0.2, 0.25) is 5.02 Å². The maximum Gasteiger partial charge on any atom is 0.267 e. The fourth-order valence-corrected chi connectivity index (χ4v) is 8.54. The fourth-order valence-electron chi connectivity index (χ4n) is 7.80. The van der Waals surface area contributed by atoms with Gasteiger partial charge in [-0.05, 0) is 73.0 Å². The summed E-state index contributed by atoms with van der Waals surface area (Å²) in [5.74, 6) is -3.66. The maximum absolute atomic E-state index is 15.1. The van der Waals surface area contributed by atoms with Crippen molar-refractivity contribution in [2.45, 2.75) is 50.7 Å². The van der Waals surface area contributed by atoms with E-state index in [2.05, 4.69) is 20.1 Å². The van der Waals surface area contributed by atoms with E-state index in [1.54, 1.807) is 12.1 Å². The standard InChI is InChI=1S/C43H33ClF5N9O4S/c1-63(61,62)55-41-37-29(44)13-15-34(39(37)57(54-41)20-35(48)49)58-42(52-40-28(43(58)60)12-14-31(51-40)26-6-2-4-8-30(26)47)32(18-22-16-24(45)19-25(46)17-22)50-36(59)21-56-33-9-5-3-7-27(33)38(53-56)23-10-11-23/h2-9,12-17,19,23,32,35H,10-11,18,20-21H2,1H3,(H,50,59)(H,54,55)/t32-/m0/s1. The van der Waals surface area contributed by atoms with Gasteiger partial charge in [-0.3, -0.25) is 28.2 Å². The third-order valence-electron chi connectivity index (χ3n) is 10.5. The molecule has 0 aliphatic heterocycles. The summed E-state index contributed by atoms with van der Waals surface area (Å²) in [6.45, 7) is -1.43. The minimum absolute atomic E-state index is 0.0240. The number of halogens is 6. The number of nitrogens with zero attached hydrogens (tertiary/aromatic N) is 7. The number of hydrogen-bond donors (Lipinski definition) is 2. The number of benzene rings is 4. The van der Waals surface area contributed by atoms with Gasteiger partial charge in [0, 0.05) is 29.4 Å². The number of alkyl halides is 2. The lowest BCUT2D eigenvalue weighted by Crippen LogP contribution is -2.37. The van der Waals surface area contributed by atoms with Crippen molar-refractivity contribution in [3.05, 3.63) is 141 Å². The highest BCUT2D eigenvalue weighted by Crippen LogP contribution is 2.42. The molecule has 4 aromatic heterocycles. The number of amides is 1. The van der Waals surface area contributed by atoms with E-state index in [-0.39, 0.29) is 67.8 Å². The van der Waals surface area contributed by atoms with E-state index in [4.69, 9.17) is 21.7 Å². The zero-order valence-corrected chi connectivity index (χ0v) is 34.4. The van der Waals surface area contributed by atoms with Gasteiger partial charge in [0.25, 0.3) is 12.0 Å². The second-order valence-corrected chi connectivity index (χ2v) is 17.3. The molecule has 0 unspecified atom stereocenters. The highest BCUT2D eigenvalue weighted by molar-refractivity contribution is 7.92. The molecule has 4 heterocycles. The number of para-hydroxylation sites is 1. The highest BCUT2D eigenvalue weighted by Gasteiger charge is 2.31. The normalized spacial score (nSPS) is 13.7. The Morgan fingerprint density at radius 2 is 1.62 bits per heavy atom. The molecule has 13 nitrogen and oxygen atoms in total. The summed E-state index contributed by atoms with van der Waals surface area (Å²) in [5, 5.41) is 12.2. The van der Waals surface area contributed by atoms with Crippen molar-refractivity contribution < 1.29 is 35.2 Å². The SMILES string of the molecule is CS(=O)(=O)Nc1nn(CC(F)F)c2c(-n3c([C@H](Cc4cc(F)cc(F)c4)NC(=O)Cn4nc(C5CC5)c5ccccc54)nc4nc(-c5ccccc5F)ccc4c3=O)ccc(Cl)c12. The smallest absolute Gasteiger partial charge is 0.267 e.